The molecule has 1 nitrogen and oxygen atoms in total. The minimum Gasteiger partial charge on any atom is -0.393 e. The standard InChI is InChI=1S/C12H22O/c1-3-10(2)7-8-11-5-4-6-12(13)9-11/h7,11-13H,3-6,8-9H2,1-2H3. The topological polar surface area (TPSA) is 20.2 Å². The predicted octanol–water partition coefficient (Wildman–Crippen LogP) is 3.28. The van der Waals surface area contributed by atoms with Crippen molar-refractivity contribution < 1.29 is 5.11 Å². The summed E-state index contributed by atoms with van der Waals surface area (Å²) in [5, 5.41) is 9.48. The highest BCUT2D eigenvalue weighted by atomic mass is 16.3. The third-order valence-electron chi connectivity index (χ3n) is 3.11. The van der Waals surface area contributed by atoms with Crippen molar-refractivity contribution in [2.75, 3.05) is 0 Å². The second kappa shape index (κ2) is 5.43. The fourth-order valence-electron chi connectivity index (χ4n) is 1.99. The predicted molar refractivity (Wildman–Crippen MR) is 56.6 cm³/mol. The fraction of sp³-hybridized carbons (Fsp3) is 0.833. The van der Waals surface area contributed by atoms with Gasteiger partial charge in [0.1, 0.15) is 0 Å². The van der Waals surface area contributed by atoms with Gasteiger partial charge < -0.3 is 5.11 Å². The first-order chi connectivity index (χ1) is 6.22. The van der Waals surface area contributed by atoms with Crippen LogP contribution in [0, 0.1) is 5.92 Å². The van der Waals surface area contributed by atoms with E-state index in [1.807, 2.05) is 0 Å². The van der Waals surface area contributed by atoms with Crippen LogP contribution >= 0.6 is 0 Å². The Hall–Kier alpha value is -0.300. The van der Waals surface area contributed by atoms with Gasteiger partial charge in [-0.1, -0.05) is 25.0 Å². The number of aliphatic hydroxyl groups excluding tert-OH is 1. The molecule has 0 saturated heterocycles. The first kappa shape index (κ1) is 10.8. The normalized spacial score (nSPS) is 30.5. The van der Waals surface area contributed by atoms with Crippen molar-refractivity contribution in [1.82, 2.24) is 0 Å². The highest BCUT2D eigenvalue weighted by Gasteiger charge is 2.18. The zero-order valence-corrected chi connectivity index (χ0v) is 8.92. The van der Waals surface area contributed by atoms with E-state index in [9.17, 15) is 5.11 Å². The highest BCUT2D eigenvalue weighted by molar-refractivity contribution is 4.97. The molecule has 13 heavy (non-hydrogen) atoms. The fourth-order valence-corrected chi connectivity index (χ4v) is 1.99. The molecule has 0 radical (unpaired) electrons. The first-order valence-corrected chi connectivity index (χ1v) is 5.56. The molecule has 2 atom stereocenters. The third-order valence-corrected chi connectivity index (χ3v) is 3.11. The molecule has 0 aromatic rings. The van der Waals surface area contributed by atoms with Gasteiger partial charge in [-0.2, -0.15) is 0 Å². The van der Waals surface area contributed by atoms with E-state index in [2.05, 4.69) is 19.9 Å². The summed E-state index contributed by atoms with van der Waals surface area (Å²) in [6.07, 6.45) is 9.24. The van der Waals surface area contributed by atoms with Crippen LogP contribution in [0.25, 0.3) is 0 Å². The van der Waals surface area contributed by atoms with Crippen molar-refractivity contribution >= 4 is 0 Å². The summed E-state index contributed by atoms with van der Waals surface area (Å²) in [5.74, 6) is 0.741. The monoisotopic (exact) mass is 182 g/mol. The van der Waals surface area contributed by atoms with Gasteiger partial charge >= 0.3 is 0 Å². The Morgan fingerprint density at radius 2 is 2.23 bits per heavy atom. The van der Waals surface area contributed by atoms with Crippen LogP contribution in [0.5, 0.6) is 0 Å². The number of aliphatic hydroxyl groups is 1. The van der Waals surface area contributed by atoms with Crippen molar-refractivity contribution in [3.63, 3.8) is 0 Å². The third kappa shape index (κ3) is 3.95. The van der Waals surface area contributed by atoms with Gasteiger partial charge in [-0.15, -0.1) is 0 Å². The van der Waals surface area contributed by atoms with Crippen LogP contribution in [0.3, 0.4) is 0 Å². The van der Waals surface area contributed by atoms with Gasteiger partial charge in [-0.05, 0) is 44.9 Å². The minimum absolute atomic E-state index is 0.0194. The van der Waals surface area contributed by atoms with Gasteiger partial charge in [0.05, 0.1) is 6.10 Å². The van der Waals surface area contributed by atoms with E-state index < -0.39 is 0 Å². The molecule has 1 aliphatic rings. The van der Waals surface area contributed by atoms with Gasteiger partial charge in [0.15, 0.2) is 0 Å². The van der Waals surface area contributed by atoms with Crippen molar-refractivity contribution in [2.24, 2.45) is 5.92 Å². The molecule has 0 amide bonds. The first-order valence-electron chi connectivity index (χ1n) is 5.56. The van der Waals surface area contributed by atoms with Gasteiger partial charge in [-0.25, -0.2) is 0 Å². The second-order valence-electron chi connectivity index (χ2n) is 4.33. The van der Waals surface area contributed by atoms with Gasteiger partial charge in [0.2, 0.25) is 0 Å². The Labute approximate surface area is 81.9 Å². The van der Waals surface area contributed by atoms with E-state index in [1.165, 1.54) is 24.8 Å². The van der Waals surface area contributed by atoms with Crippen LogP contribution in [0.2, 0.25) is 0 Å². The van der Waals surface area contributed by atoms with E-state index in [0.717, 1.165) is 25.2 Å². The van der Waals surface area contributed by atoms with E-state index in [0.29, 0.717) is 0 Å². The molecular formula is C12H22O. The zero-order valence-electron chi connectivity index (χ0n) is 8.92. The molecule has 1 rings (SSSR count). The largest absolute Gasteiger partial charge is 0.393 e. The molecule has 1 N–H and O–H groups in total. The van der Waals surface area contributed by atoms with Gasteiger partial charge in [0.25, 0.3) is 0 Å². The Morgan fingerprint density at radius 1 is 1.46 bits per heavy atom. The lowest BCUT2D eigenvalue weighted by molar-refractivity contribution is 0.102. The lowest BCUT2D eigenvalue weighted by Crippen LogP contribution is -2.18. The molecule has 0 aromatic heterocycles. The number of hydrogen-bond acceptors (Lipinski definition) is 1. The van der Waals surface area contributed by atoms with E-state index >= 15 is 0 Å². The highest BCUT2D eigenvalue weighted by Crippen LogP contribution is 2.27. The summed E-state index contributed by atoms with van der Waals surface area (Å²) in [4.78, 5) is 0. The average molecular weight is 182 g/mol. The van der Waals surface area contributed by atoms with Crippen molar-refractivity contribution in [3.8, 4) is 0 Å². The molecule has 1 saturated carbocycles. The molecule has 0 aromatic carbocycles. The molecule has 0 heterocycles. The molecule has 1 heteroatoms. The number of allylic oxidation sites excluding steroid dienone is 2. The number of rotatable bonds is 3. The lowest BCUT2D eigenvalue weighted by Gasteiger charge is -2.24. The maximum Gasteiger partial charge on any atom is 0.0543 e. The van der Waals surface area contributed by atoms with Crippen molar-refractivity contribution in [1.29, 1.82) is 0 Å². The quantitative estimate of drug-likeness (QED) is 0.664. The maximum absolute atomic E-state index is 9.48. The van der Waals surface area contributed by atoms with Crippen LogP contribution in [0.1, 0.15) is 52.4 Å². The Morgan fingerprint density at radius 3 is 2.85 bits per heavy atom. The number of hydrogen-bond donors (Lipinski definition) is 1. The lowest BCUT2D eigenvalue weighted by atomic mass is 9.85. The molecule has 76 valence electrons. The minimum atomic E-state index is -0.0194. The van der Waals surface area contributed by atoms with Crippen molar-refractivity contribution in [3.05, 3.63) is 11.6 Å². The summed E-state index contributed by atoms with van der Waals surface area (Å²) in [6.45, 7) is 4.39. The maximum atomic E-state index is 9.48. The van der Waals surface area contributed by atoms with E-state index in [1.54, 1.807) is 0 Å². The Bertz CT molecular complexity index is 172. The van der Waals surface area contributed by atoms with Crippen LogP contribution < -0.4 is 0 Å². The summed E-state index contributed by atoms with van der Waals surface area (Å²) >= 11 is 0. The zero-order chi connectivity index (χ0) is 9.68. The summed E-state index contributed by atoms with van der Waals surface area (Å²) in [7, 11) is 0. The van der Waals surface area contributed by atoms with Crippen LogP contribution in [-0.2, 0) is 0 Å². The van der Waals surface area contributed by atoms with Crippen LogP contribution in [0.15, 0.2) is 11.6 Å². The van der Waals surface area contributed by atoms with E-state index in [4.69, 9.17) is 0 Å². The second-order valence-corrected chi connectivity index (χ2v) is 4.33. The molecule has 2 unspecified atom stereocenters. The molecule has 0 bridgehead atoms. The Balaban J connectivity index is 2.28. The summed E-state index contributed by atoms with van der Waals surface area (Å²) < 4.78 is 0. The molecular weight excluding hydrogens is 160 g/mol. The van der Waals surface area contributed by atoms with E-state index in [-0.39, 0.29) is 6.10 Å². The van der Waals surface area contributed by atoms with Crippen LogP contribution in [0.4, 0.5) is 0 Å². The van der Waals surface area contributed by atoms with Gasteiger partial charge in [0, 0.05) is 0 Å². The summed E-state index contributed by atoms with van der Waals surface area (Å²) in [6, 6.07) is 0. The molecule has 0 spiro atoms. The van der Waals surface area contributed by atoms with Crippen LogP contribution in [-0.4, -0.2) is 11.2 Å². The molecule has 1 fully saturated rings. The smallest absolute Gasteiger partial charge is 0.0543 e. The summed E-state index contributed by atoms with van der Waals surface area (Å²) in [5.41, 5.74) is 1.49. The average Bonchev–Trinajstić information content (AvgIpc) is 2.14. The van der Waals surface area contributed by atoms with Gasteiger partial charge in [-0.3, -0.25) is 0 Å². The SMILES string of the molecule is CCC(C)=CCC1CCCC(O)C1. The molecule has 0 aliphatic heterocycles. The molecule has 1 aliphatic carbocycles. The Kier molecular flexibility index (Phi) is 4.51. The van der Waals surface area contributed by atoms with Crippen molar-refractivity contribution in [2.45, 2.75) is 58.5 Å².